The fraction of sp³-hybridized carbons (Fsp3) is 0.111. The lowest BCUT2D eigenvalue weighted by Gasteiger charge is -2.08. The molecule has 1 aromatic rings. The lowest BCUT2D eigenvalue weighted by molar-refractivity contribution is 0.192. The van der Waals surface area contributed by atoms with Gasteiger partial charge in [-0.3, -0.25) is 0 Å². The van der Waals surface area contributed by atoms with Crippen LogP contribution in [0.1, 0.15) is 11.6 Å². The van der Waals surface area contributed by atoms with Crippen molar-refractivity contribution in [1.82, 2.24) is 5.32 Å². The van der Waals surface area contributed by atoms with E-state index in [0.717, 1.165) is 0 Å². The van der Waals surface area contributed by atoms with Crippen LogP contribution in [0.15, 0.2) is 24.3 Å². The maximum absolute atomic E-state index is 12.5. The normalized spacial score (nSPS) is 11.4. The summed E-state index contributed by atoms with van der Waals surface area (Å²) >= 11 is 0. The van der Waals surface area contributed by atoms with Gasteiger partial charge in [-0.1, -0.05) is 12.1 Å². The van der Waals surface area contributed by atoms with Crippen LogP contribution in [-0.4, -0.2) is 11.2 Å². The third-order valence-electron chi connectivity index (χ3n) is 1.60. The number of nitrogens with zero attached hydrogens (tertiary/aromatic N) is 1. The number of hydrogen-bond acceptors (Lipinski definition) is 2. The molecule has 1 atom stereocenters. The topological polar surface area (TPSA) is 73.1 Å². The Morgan fingerprint density at radius 1 is 1.50 bits per heavy atom. The molecule has 1 rings (SSSR count). The molecule has 0 aromatic heterocycles. The van der Waals surface area contributed by atoms with Crippen molar-refractivity contribution < 1.29 is 14.3 Å². The molecule has 0 fully saturated rings. The third-order valence-corrected chi connectivity index (χ3v) is 1.60. The van der Waals surface area contributed by atoms with Crippen molar-refractivity contribution in [3.05, 3.63) is 35.6 Å². The first-order valence-corrected chi connectivity index (χ1v) is 3.78. The summed E-state index contributed by atoms with van der Waals surface area (Å²) in [7, 11) is 0. The van der Waals surface area contributed by atoms with Crippen LogP contribution in [-0.2, 0) is 0 Å². The smallest absolute Gasteiger partial charge is 0.405 e. The molecule has 0 saturated carbocycles. The first kappa shape index (κ1) is 9.99. The van der Waals surface area contributed by atoms with E-state index in [-0.39, 0.29) is 0 Å². The summed E-state index contributed by atoms with van der Waals surface area (Å²) in [6.07, 6.45) is -1.29. The summed E-state index contributed by atoms with van der Waals surface area (Å²) in [6.45, 7) is 0. The number of carboxylic acid groups (broad SMARTS) is 1. The highest BCUT2D eigenvalue weighted by molar-refractivity contribution is 5.65. The maximum Gasteiger partial charge on any atom is 0.405 e. The first-order valence-electron chi connectivity index (χ1n) is 3.78. The predicted octanol–water partition coefficient (Wildman–Crippen LogP) is 1.66. The second-order valence-corrected chi connectivity index (χ2v) is 2.56. The molecular formula is C9H7FN2O2. The Labute approximate surface area is 79.6 Å². The zero-order valence-corrected chi connectivity index (χ0v) is 7.07. The average Bonchev–Trinajstić information content (AvgIpc) is 2.15. The molecule has 1 unspecified atom stereocenters. The number of halogens is 1. The molecule has 0 bridgehead atoms. The van der Waals surface area contributed by atoms with Crippen LogP contribution in [0.5, 0.6) is 0 Å². The van der Waals surface area contributed by atoms with Crippen molar-refractivity contribution in [2.24, 2.45) is 0 Å². The SMILES string of the molecule is N#CC(NC(=O)O)c1ccc(F)cc1. The van der Waals surface area contributed by atoms with Crippen LogP contribution in [0, 0.1) is 17.1 Å². The van der Waals surface area contributed by atoms with Crippen molar-refractivity contribution in [2.75, 3.05) is 0 Å². The molecule has 0 aliphatic heterocycles. The zero-order valence-electron chi connectivity index (χ0n) is 7.07. The molecule has 0 aliphatic carbocycles. The summed E-state index contributed by atoms with van der Waals surface area (Å²) < 4.78 is 12.5. The van der Waals surface area contributed by atoms with Crippen LogP contribution in [0.4, 0.5) is 9.18 Å². The zero-order chi connectivity index (χ0) is 10.6. The summed E-state index contributed by atoms with van der Waals surface area (Å²) in [5, 5.41) is 19.0. The first-order chi connectivity index (χ1) is 6.63. The van der Waals surface area contributed by atoms with Gasteiger partial charge >= 0.3 is 6.09 Å². The Bertz CT molecular complexity index is 369. The van der Waals surface area contributed by atoms with Gasteiger partial charge in [0.1, 0.15) is 11.9 Å². The second kappa shape index (κ2) is 4.23. The molecule has 1 aromatic carbocycles. The van der Waals surface area contributed by atoms with Crippen LogP contribution in [0.2, 0.25) is 0 Å². The molecular weight excluding hydrogens is 187 g/mol. The van der Waals surface area contributed by atoms with Crippen LogP contribution in [0.25, 0.3) is 0 Å². The van der Waals surface area contributed by atoms with Gasteiger partial charge in [-0.05, 0) is 17.7 Å². The molecule has 4 nitrogen and oxygen atoms in total. The van der Waals surface area contributed by atoms with Gasteiger partial charge in [-0.15, -0.1) is 0 Å². The van der Waals surface area contributed by atoms with E-state index in [1.807, 2.05) is 5.32 Å². The summed E-state index contributed by atoms with van der Waals surface area (Å²) in [4.78, 5) is 10.3. The lowest BCUT2D eigenvalue weighted by atomic mass is 10.1. The molecule has 2 N–H and O–H groups in total. The molecule has 72 valence electrons. The Morgan fingerprint density at radius 3 is 2.50 bits per heavy atom. The van der Waals surface area contributed by atoms with Gasteiger partial charge < -0.3 is 10.4 Å². The summed E-state index contributed by atoms with van der Waals surface area (Å²) in [5.74, 6) is -0.430. The van der Waals surface area contributed by atoms with E-state index in [1.165, 1.54) is 24.3 Å². The molecule has 14 heavy (non-hydrogen) atoms. The van der Waals surface area contributed by atoms with E-state index in [2.05, 4.69) is 0 Å². The monoisotopic (exact) mass is 194 g/mol. The van der Waals surface area contributed by atoms with Gasteiger partial charge in [0.15, 0.2) is 0 Å². The highest BCUT2D eigenvalue weighted by Gasteiger charge is 2.12. The van der Waals surface area contributed by atoms with E-state index in [0.29, 0.717) is 5.56 Å². The van der Waals surface area contributed by atoms with Gasteiger partial charge in [0, 0.05) is 0 Å². The van der Waals surface area contributed by atoms with Crippen molar-refractivity contribution >= 4 is 6.09 Å². The van der Waals surface area contributed by atoms with Gasteiger partial charge in [0.25, 0.3) is 0 Å². The summed E-state index contributed by atoms with van der Waals surface area (Å²) in [5.41, 5.74) is 0.413. The van der Waals surface area contributed by atoms with Crippen molar-refractivity contribution in [3.63, 3.8) is 0 Å². The number of hydrogen-bond donors (Lipinski definition) is 2. The minimum absolute atomic E-state index is 0.413. The Hall–Kier alpha value is -2.09. The van der Waals surface area contributed by atoms with E-state index in [9.17, 15) is 9.18 Å². The second-order valence-electron chi connectivity index (χ2n) is 2.56. The van der Waals surface area contributed by atoms with E-state index >= 15 is 0 Å². The van der Waals surface area contributed by atoms with Crippen molar-refractivity contribution in [2.45, 2.75) is 6.04 Å². The largest absolute Gasteiger partial charge is 0.465 e. The molecule has 0 saturated heterocycles. The van der Waals surface area contributed by atoms with Crippen LogP contribution >= 0.6 is 0 Å². The van der Waals surface area contributed by atoms with Crippen LogP contribution in [0.3, 0.4) is 0 Å². The quantitative estimate of drug-likeness (QED) is 0.751. The molecule has 0 radical (unpaired) electrons. The Morgan fingerprint density at radius 2 is 2.07 bits per heavy atom. The number of nitrogens with one attached hydrogen (secondary N) is 1. The number of nitriles is 1. The molecule has 0 aliphatic rings. The molecule has 1 amide bonds. The van der Waals surface area contributed by atoms with Crippen molar-refractivity contribution in [1.29, 1.82) is 5.26 Å². The fourth-order valence-corrected chi connectivity index (χ4v) is 0.969. The maximum atomic E-state index is 12.5. The van der Waals surface area contributed by atoms with Gasteiger partial charge in [0.05, 0.1) is 6.07 Å². The minimum atomic E-state index is -1.29. The number of rotatable bonds is 2. The van der Waals surface area contributed by atoms with E-state index in [1.54, 1.807) is 6.07 Å². The lowest BCUT2D eigenvalue weighted by Crippen LogP contribution is -2.25. The highest BCUT2D eigenvalue weighted by atomic mass is 19.1. The van der Waals surface area contributed by atoms with E-state index < -0.39 is 18.0 Å². The number of carbonyl (C=O) groups is 1. The average molecular weight is 194 g/mol. The van der Waals surface area contributed by atoms with E-state index in [4.69, 9.17) is 10.4 Å². The van der Waals surface area contributed by atoms with Crippen LogP contribution < -0.4 is 5.32 Å². The molecule has 5 heteroatoms. The highest BCUT2D eigenvalue weighted by Crippen LogP contribution is 2.12. The van der Waals surface area contributed by atoms with Gasteiger partial charge in [-0.25, -0.2) is 9.18 Å². The van der Waals surface area contributed by atoms with Gasteiger partial charge in [0.2, 0.25) is 0 Å². The third kappa shape index (κ3) is 2.45. The minimum Gasteiger partial charge on any atom is -0.465 e. The Kier molecular flexibility index (Phi) is 3.02. The van der Waals surface area contributed by atoms with Gasteiger partial charge in [-0.2, -0.15) is 5.26 Å². The standard InChI is InChI=1S/C9H7FN2O2/c10-7-3-1-6(2-4-7)8(5-11)12-9(13)14/h1-4,8,12H,(H,13,14). The number of benzene rings is 1. The van der Waals surface area contributed by atoms with Crippen molar-refractivity contribution in [3.8, 4) is 6.07 Å². The molecule has 0 heterocycles. The number of amides is 1. The summed E-state index contributed by atoms with van der Waals surface area (Å²) in [6, 6.07) is 5.85. The predicted molar refractivity (Wildman–Crippen MR) is 45.9 cm³/mol. The Balaban J connectivity index is 2.85. The molecule has 0 spiro atoms. The fourth-order valence-electron chi connectivity index (χ4n) is 0.969.